The van der Waals surface area contributed by atoms with Gasteiger partial charge in [0.25, 0.3) is 0 Å². The van der Waals surface area contributed by atoms with Crippen LogP contribution in [0.2, 0.25) is 0 Å². The van der Waals surface area contributed by atoms with Gasteiger partial charge < -0.3 is 15.3 Å². The number of alkyl halides is 3. The van der Waals surface area contributed by atoms with Crippen molar-refractivity contribution in [1.82, 2.24) is 10.2 Å². The number of amides is 2. The lowest BCUT2D eigenvalue weighted by molar-refractivity contribution is -0.143. The maximum Gasteiger partial charge on any atom is 0.406 e. The highest BCUT2D eigenvalue weighted by molar-refractivity contribution is 5.76. The molecule has 2 amide bonds. The summed E-state index contributed by atoms with van der Waals surface area (Å²) in [6, 6.07) is -2.09. The van der Waals surface area contributed by atoms with Gasteiger partial charge in [0.05, 0.1) is 6.42 Å². The zero-order valence-electron chi connectivity index (χ0n) is 11.4. The van der Waals surface area contributed by atoms with Crippen LogP contribution >= 0.6 is 0 Å². The van der Waals surface area contributed by atoms with Gasteiger partial charge in [0, 0.05) is 12.1 Å². The number of carboxylic acid groups (broad SMARTS) is 1. The number of carboxylic acids is 1. The summed E-state index contributed by atoms with van der Waals surface area (Å²) in [6.45, 7) is 1.62. The minimum Gasteiger partial charge on any atom is -0.481 e. The molecule has 1 atom stereocenters. The molecule has 116 valence electrons. The molecular weight excluding hydrogens is 277 g/mol. The Morgan fingerprint density at radius 3 is 2.25 bits per heavy atom. The average Bonchev–Trinajstić information content (AvgIpc) is 3.06. The second-order valence-corrected chi connectivity index (χ2v) is 5.33. The van der Waals surface area contributed by atoms with Crippen molar-refractivity contribution in [2.45, 2.75) is 51.4 Å². The van der Waals surface area contributed by atoms with Crippen LogP contribution in [0, 0.1) is 5.92 Å². The number of hydrogen-bond donors (Lipinski definition) is 2. The lowest BCUT2D eigenvalue weighted by Gasteiger charge is -2.30. The van der Waals surface area contributed by atoms with Crippen molar-refractivity contribution < 1.29 is 27.9 Å². The first-order chi connectivity index (χ1) is 9.10. The summed E-state index contributed by atoms with van der Waals surface area (Å²) < 4.78 is 37.3. The largest absolute Gasteiger partial charge is 0.481 e. The highest BCUT2D eigenvalue weighted by Crippen LogP contribution is 2.34. The highest BCUT2D eigenvalue weighted by Gasteiger charge is 2.38. The summed E-state index contributed by atoms with van der Waals surface area (Å²) in [5, 5.41) is 11.2. The van der Waals surface area contributed by atoms with Gasteiger partial charge in [0.2, 0.25) is 0 Å². The molecule has 5 nitrogen and oxygen atoms in total. The Morgan fingerprint density at radius 1 is 1.35 bits per heavy atom. The van der Waals surface area contributed by atoms with Crippen molar-refractivity contribution in [3.63, 3.8) is 0 Å². The quantitative estimate of drug-likeness (QED) is 0.789. The molecule has 1 unspecified atom stereocenters. The Bertz CT molecular complexity index is 367. The number of hydrogen-bond acceptors (Lipinski definition) is 2. The van der Waals surface area contributed by atoms with Crippen molar-refractivity contribution in [2.75, 3.05) is 6.54 Å². The summed E-state index contributed by atoms with van der Waals surface area (Å²) in [6.07, 6.45) is -3.17. The lowest BCUT2D eigenvalue weighted by Crippen LogP contribution is -2.51. The van der Waals surface area contributed by atoms with Crippen molar-refractivity contribution >= 4 is 12.0 Å². The Balaban J connectivity index is 2.66. The van der Waals surface area contributed by atoms with E-state index >= 15 is 0 Å². The van der Waals surface area contributed by atoms with Gasteiger partial charge in [0.15, 0.2) is 0 Å². The number of nitrogens with zero attached hydrogens (tertiary/aromatic N) is 1. The number of carbonyl (C=O) groups is 2. The molecule has 1 aliphatic rings. The average molecular weight is 296 g/mol. The first-order valence-corrected chi connectivity index (χ1v) is 6.46. The van der Waals surface area contributed by atoms with Crippen LogP contribution in [0.25, 0.3) is 0 Å². The number of aliphatic carboxylic acids is 1. The summed E-state index contributed by atoms with van der Waals surface area (Å²) in [5.74, 6) is -1.02. The second kappa shape index (κ2) is 6.32. The van der Waals surface area contributed by atoms with E-state index in [1.807, 2.05) is 0 Å². The van der Waals surface area contributed by atoms with Gasteiger partial charge in [-0.1, -0.05) is 0 Å². The smallest absolute Gasteiger partial charge is 0.406 e. The van der Waals surface area contributed by atoms with Crippen LogP contribution in [-0.2, 0) is 4.79 Å². The Labute approximate surface area is 115 Å². The fraction of sp³-hybridized carbons (Fsp3) is 0.833. The van der Waals surface area contributed by atoms with E-state index in [1.54, 1.807) is 0 Å². The molecular formula is C12H19F3N2O3. The molecule has 0 radical (unpaired) electrons. The molecule has 1 aliphatic carbocycles. The van der Waals surface area contributed by atoms with Gasteiger partial charge in [-0.25, -0.2) is 4.79 Å². The van der Waals surface area contributed by atoms with Crippen LogP contribution < -0.4 is 5.32 Å². The van der Waals surface area contributed by atoms with E-state index in [9.17, 15) is 22.8 Å². The molecule has 0 aromatic carbocycles. The maximum atomic E-state index is 12.4. The molecule has 20 heavy (non-hydrogen) atoms. The van der Waals surface area contributed by atoms with Crippen LogP contribution in [0.3, 0.4) is 0 Å². The number of nitrogens with one attached hydrogen (secondary N) is 1. The van der Waals surface area contributed by atoms with Crippen LogP contribution in [0.15, 0.2) is 0 Å². The van der Waals surface area contributed by atoms with Crippen LogP contribution in [-0.4, -0.2) is 46.8 Å². The minimum atomic E-state index is -4.48. The maximum absolute atomic E-state index is 12.4. The lowest BCUT2D eigenvalue weighted by atomic mass is 10.1. The standard InChI is InChI=1S/C12H19F3N2O3/c1-7(2)17(6-12(13,14)15)11(20)16-9(5-10(18)19)8-3-4-8/h7-9H,3-6H2,1-2H3,(H,16,20)(H,18,19). The zero-order valence-corrected chi connectivity index (χ0v) is 11.4. The summed E-state index contributed by atoms with van der Waals surface area (Å²) in [5.41, 5.74) is 0. The monoisotopic (exact) mass is 296 g/mol. The first-order valence-electron chi connectivity index (χ1n) is 6.46. The van der Waals surface area contributed by atoms with E-state index in [2.05, 4.69) is 5.32 Å². The van der Waals surface area contributed by atoms with E-state index in [0.29, 0.717) is 4.90 Å². The third-order valence-electron chi connectivity index (χ3n) is 3.13. The minimum absolute atomic E-state index is 0.0509. The molecule has 0 aromatic rings. The molecule has 0 aromatic heterocycles. The van der Waals surface area contributed by atoms with Crippen molar-refractivity contribution in [3.8, 4) is 0 Å². The first kappa shape index (κ1) is 16.6. The Kier molecular flexibility index (Phi) is 5.24. The molecule has 1 fully saturated rings. The van der Waals surface area contributed by atoms with Gasteiger partial charge in [-0.2, -0.15) is 13.2 Å². The molecule has 0 aliphatic heterocycles. The number of carbonyl (C=O) groups excluding carboxylic acids is 1. The third kappa shape index (κ3) is 5.66. The number of urea groups is 1. The zero-order chi connectivity index (χ0) is 15.5. The van der Waals surface area contributed by atoms with E-state index < -0.39 is 36.8 Å². The molecule has 1 saturated carbocycles. The predicted molar refractivity (Wildman–Crippen MR) is 65.2 cm³/mol. The molecule has 0 spiro atoms. The van der Waals surface area contributed by atoms with E-state index in [0.717, 1.165) is 12.8 Å². The van der Waals surface area contributed by atoms with Crippen molar-refractivity contribution in [3.05, 3.63) is 0 Å². The Morgan fingerprint density at radius 2 is 1.90 bits per heavy atom. The molecule has 0 saturated heterocycles. The Hall–Kier alpha value is -1.47. The van der Waals surface area contributed by atoms with Gasteiger partial charge in [-0.05, 0) is 32.6 Å². The second-order valence-electron chi connectivity index (χ2n) is 5.33. The van der Waals surface area contributed by atoms with Gasteiger partial charge in [-0.3, -0.25) is 4.79 Å². The normalized spacial score (nSPS) is 16.9. The van der Waals surface area contributed by atoms with Crippen molar-refractivity contribution in [1.29, 1.82) is 0 Å². The fourth-order valence-corrected chi connectivity index (χ4v) is 1.95. The van der Waals surface area contributed by atoms with Crippen LogP contribution in [0.4, 0.5) is 18.0 Å². The van der Waals surface area contributed by atoms with E-state index in [1.165, 1.54) is 13.8 Å². The summed E-state index contributed by atoms with van der Waals surface area (Å²) in [7, 11) is 0. The van der Waals surface area contributed by atoms with E-state index in [-0.39, 0.29) is 12.3 Å². The molecule has 0 bridgehead atoms. The van der Waals surface area contributed by atoms with Gasteiger partial charge >= 0.3 is 18.2 Å². The molecule has 8 heteroatoms. The van der Waals surface area contributed by atoms with Gasteiger partial charge in [-0.15, -0.1) is 0 Å². The highest BCUT2D eigenvalue weighted by atomic mass is 19.4. The SMILES string of the molecule is CC(C)N(CC(F)(F)F)C(=O)NC(CC(=O)O)C1CC1. The van der Waals surface area contributed by atoms with E-state index in [4.69, 9.17) is 5.11 Å². The van der Waals surface area contributed by atoms with Crippen molar-refractivity contribution in [2.24, 2.45) is 5.92 Å². The molecule has 2 N–H and O–H groups in total. The third-order valence-corrected chi connectivity index (χ3v) is 3.13. The van der Waals surface area contributed by atoms with Crippen LogP contribution in [0.5, 0.6) is 0 Å². The van der Waals surface area contributed by atoms with Crippen LogP contribution in [0.1, 0.15) is 33.1 Å². The number of rotatable bonds is 6. The number of halogens is 3. The topological polar surface area (TPSA) is 69.6 Å². The summed E-state index contributed by atoms with van der Waals surface area (Å²) >= 11 is 0. The predicted octanol–water partition coefficient (Wildman–Crippen LogP) is 2.22. The summed E-state index contributed by atoms with van der Waals surface area (Å²) in [4.78, 5) is 23.3. The van der Waals surface area contributed by atoms with Gasteiger partial charge in [0.1, 0.15) is 6.54 Å². The molecule has 1 rings (SSSR count). The fourth-order valence-electron chi connectivity index (χ4n) is 1.95. The molecule has 0 heterocycles.